The molecule has 0 N–H and O–H groups in total. The molecular weight excluding hydrogens is 328 g/mol. The lowest BCUT2D eigenvalue weighted by Crippen LogP contribution is -2.43. The number of halogens is 1. The SMILES string of the molecule is CCC1CN(C)CCCN1S(=O)(=O)c1cc(CCl)sc1C. The molecule has 21 heavy (non-hydrogen) atoms. The van der Waals surface area contributed by atoms with E-state index in [0.29, 0.717) is 17.3 Å². The van der Waals surface area contributed by atoms with Gasteiger partial charge in [0.15, 0.2) is 0 Å². The van der Waals surface area contributed by atoms with Crippen LogP contribution >= 0.6 is 22.9 Å². The molecule has 0 aromatic carbocycles. The molecule has 0 spiro atoms. The number of nitrogens with zero attached hydrogens (tertiary/aromatic N) is 2. The van der Waals surface area contributed by atoms with E-state index in [-0.39, 0.29) is 6.04 Å². The molecule has 0 bridgehead atoms. The van der Waals surface area contributed by atoms with Gasteiger partial charge in [-0.3, -0.25) is 0 Å². The number of hydrogen-bond acceptors (Lipinski definition) is 4. The summed E-state index contributed by atoms with van der Waals surface area (Å²) in [5, 5.41) is 0. The van der Waals surface area contributed by atoms with Crippen LogP contribution in [0.15, 0.2) is 11.0 Å². The van der Waals surface area contributed by atoms with Crippen LogP contribution in [0.1, 0.15) is 29.5 Å². The molecule has 1 atom stereocenters. The van der Waals surface area contributed by atoms with Gasteiger partial charge in [0.05, 0.1) is 10.8 Å². The molecule has 1 aromatic heterocycles. The zero-order chi connectivity index (χ0) is 15.6. The number of aryl methyl sites for hydroxylation is 1. The van der Waals surface area contributed by atoms with Gasteiger partial charge in [-0.05, 0) is 39.4 Å². The lowest BCUT2D eigenvalue weighted by Gasteiger charge is -2.29. The fourth-order valence-corrected chi connectivity index (χ4v) is 6.27. The average molecular weight is 351 g/mol. The summed E-state index contributed by atoms with van der Waals surface area (Å²) in [5.74, 6) is 0.362. The Kier molecular flexibility index (Phi) is 5.71. The Labute approximate surface area is 136 Å². The topological polar surface area (TPSA) is 40.6 Å². The summed E-state index contributed by atoms with van der Waals surface area (Å²) in [6.45, 7) is 6.24. The lowest BCUT2D eigenvalue weighted by molar-refractivity contribution is 0.270. The average Bonchev–Trinajstić information content (AvgIpc) is 2.71. The van der Waals surface area contributed by atoms with Crippen molar-refractivity contribution in [3.63, 3.8) is 0 Å². The van der Waals surface area contributed by atoms with Gasteiger partial charge in [0, 0.05) is 28.9 Å². The highest BCUT2D eigenvalue weighted by molar-refractivity contribution is 7.89. The van der Waals surface area contributed by atoms with Crippen LogP contribution in [0.5, 0.6) is 0 Å². The Bertz CT molecular complexity index is 586. The molecule has 1 aliphatic heterocycles. The zero-order valence-electron chi connectivity index (χ0n) is 12.8. The summed E-state index contributed by atoms with van der Waals surface area (Å²) >= 11 is 7.32. The third-order valence-corrected chi connectivity index (χ3v) is 7.66. The van der Waals surface area contributed by atoms with Crippen LogP contribution in [0.4, 0.5) is 0 Å². The van der Waals surface area contributed by atoms with Gasteiger partial charge in [-0.25, -0.2) is 8.42 Å². The van der Waals surface area contributed by atoms with E-state index in [0.717, 1.165) is 35.7 Å². The van der Waals surface area contributed by atoms with Gasteiger partial charge in [0.25, 0.3) is 0 Å². The van der Waals surface area contributed by atoms with Crippen molar-refractivity contribution < 1.29 is 8.42 Å². The maximum absolute atomic E-state index is 13.0. The second-order valence-corrected chi connectivity index (χ2v) is 9.03. The van der Waals surface area contributed by atoms with Crippen LogP contribution in [-0.2, 0) is 15.9 Å². The summed E-state index contributed by atoms with van der Waals surface area (Å²) in [6, 6.07) is 1.78. The first-order chi connectivity index (χ1) is 9.90. The molecule has 1 saturated heterocycles. The van der Waals surface area contributed by atoms with Crippen LogP contribution < -0.4 is 0 Å². The van der Waals surface area contributed by atoms with E-state index in [9.17, 15) is 8.42 Å². The lowest BCUT2D eigenvalue weighted by atomic mass is 10.2. The summed E-state index contributed by atoms with van der Waals surface area (Å²) < 4.78 is 27.8. The minimum absolute atomic E-state index is 0.0428. The minimum Gasteiger partial charge on any atom is -0.305 e. The van der Waals surface area contributed by atoms with Gasteiger partial charge in [-0.2, -0.15) is 4.31 Å². The van der Waals surface area contributed by atoms with E-state index in [2.05, 4.69) is 18.9 Å². The van der Waals surface area contributed by atoms with Crippen LogP contribution in [0.3, 0.4) is 0 Å². The largest absolute Gasteiger partial charge is 0.305 e. The third-order valence-electron chi connectivity index (χ3n) is 3.96. The number of alkyl halides is 1. The van der Waals surface area contributed by atoms with Crippen LogP contribution in [0, 0.1) is 6.92 Å². The number of likely N-dealkylation sites (N-methyl/N-ethyl adjacent to an activating group) is 1. The van der Waals surface area contributed by atoms with Crippen molar-refractivity contribution in [2.24, 2.45) is 0 Å². The number of sulfonamides is 1. The second-order valence-electron chi connectivity index (χ2n) is 5.56. The first kappa shape index (κ1) is 17.2. The number of hydrogen-bond donors (Lipinski definition) is 0. The molecule has 1 aliphatic rings. The Balaban J connectivity index is 2.38. The van der Waals surface area contributed by atoms with E-state index in [4.69, 9.17) is 11.6 Å². The molecule has 0 radical (unpaired) electrons. The summed E-state index contributed by atoms with van der Waals surface area (Å²) in [4.78, 5) is 4.39. The maximum atomic E-state index is 13.0. The Morgan fingerprint density at radius 1 is 1.43 bits per heavy atom. The van der Waals surface area contributed by atoms with Crippen molar-refractivity contribution in [1.82, 2.24) is 9.21 Å². The van der Waals surface area contributed by atoms with Gasteiger partial charge < -0.3 is 4.90 Å². The van der Waals surface area contributed by atoms with Crippen molar-refractivity contribution >= 4 is 33.0 Å². The van der Waals surface area contributed by atoms with E-state index in [1.54, 1.807) is 10.4 Å². The summed E-state index contributed by atoms with van der Waals surface area (Å²) in [5.41, 5.74) is 0. The first-order valence-electron chi connectivity index (χ1n) is 7.25. The maximum Gasteiger partial charge on any atom is 0.244 e. The van der Waals surface area contributed by atoms with Gasteiger partial charge in [-0.1, -0.05) is 6.92 Å². The Hall–Kier alpha value is -0.140. The van der Waals surface area contributed by atoms with E-state index < -0.39 is 10.0 Å². The smallest absolute Gasteiger partial charge is 0.244 e. The molecule has 1 unspecified atom stereocenters. The molecule has 7 heteroatoms. The van der Waals surface area contributed by atoms with E-state index >= 15 is 0 Å². The van der Waals surface area contributed by atoms with Crippen molar-refractivity contribution in [1.29, 1.82) is 0 Å². The molecule has 1 fully saturated rings. The molecule has 4 nitrogen and oxygen atoms in total. The monoisotopic (exact) mass is 350 g/mol. The van der Waals surface area contributed by atoms with Crippen LogP contribution in [-0.4, -0.2) is 50.3 Å². The molecule has 1 aromatic rings. The normalized spacial score (nSPS) is 22.4. The molecule has 0 amide bonds. The molecule has 2 rings (SSSR count). The Morgan fingerprint density at radius 2 is 2.14 bits per heavy atom. The second kappa shape index (κ2) is 6.96. The van der Waals surface area contributed by atoms with Gasteiger partial charge in [0.2, 0.25) is 10.0 Å². The van der Waals surface area contributed by atoms with Crippen LogP contribution in [0.25, 0.3) is 0 Å². The van der Waals surface area contributed by atoms with Gasteiger partial charge in [-0.15, -0.1) is 22.9 Å². The van der Waals surface area contributed by atoms with Crippen LogP contribution in [0.2, 0.25) is 0 Å². The van der Waals surface area contributed by atoms with Crippen molar-refractivity contribution in [2.75, 3.05) is 26.7 Å². The van der Waals surface area contributed by atoms with E-state index in [1.807, 2.05) is 6.92 Å². The molecule has 2 heterocycles. The number of thiophene rings is 1. The van der Waals surface area contributed by atoms with Crippen molar-refractivity contribution in [3.8, 4) is 0 Å². The summed E-state index contributed by atoms with van der Waals surface area (Å²) in [6.07, 6.45) is 1.70. The summed E-state index contributed by atoms with van der Waals surface area (Å²) in [7, 11) is -1.38. The minimum atomic E-state index is -3.43. The first-order valence-corrected chi connectivity index (χ1v) is 10.0. The van der Waals surface area contributed by atoms with Crippen molar-refractivity contribution in [2.45, 2.75) is 43.5 Å². The fraction of sp³-hybridized carbons (Fsp3) is 0.714. The molecular formula is C14H23ClN2O2S2. The van der Waals surface area contributed by atoms with E-state index in [1.165, 1.54) is 11.3 Å². The highest BCUT2D eigenvalue weighted by Gasteiger charge is 2.34. The molecule has 0 aliphatic carbocycles. The standard InChI is InChI=1S/C14H23ClN2O2S2/c1-4-12-10-16(3)6-5-7-17(12)21(18,19)14-8-13(9-15)20-11(14)2/h8,12H,4-7,9-10H2,1-3H3. The predicted octanol–water partition coefficient (Wildman–Crippen LogP) is 2.90. The van der Waals surface area contributed by atoms with Crippen molar-refractivity contribution in [3.05, 3.63) is 15.8 Å². The Morgan fingerprint density at radius 3 is 2.71 bits per heavy atom. The highest BCUT2D eigenvalue weighted by Crippen LogP contribution is 2.31. The van der Waals surface area contributed by atoms with Gasteiger partial charge in [0.1, 0.15) is 0 Å². The van der Waals surface area contributed by atoms with Gasteiger partial charge >= 0.3 is 0 Å². The zero-order valence-corrected chi connectivity index (χ0v) is 15.2. The fourth-order valence-electron chi connectivity index (χ4n) is 2.84. The highest BCUT2D eigenvalue weighted by atomic mass is 35.5. The molecule has 120 valence electrons. The third kappa shape index (κ3) is 3.62. The predicted molar refractivity (Wildman–Crippen MR) is 88.7 cm³/mol. The quantitative estimate of drug-likeness (QED) is 0.784. The molecule has 0 saturated carbocycles. The number of rotatable bonds is 4.